The van der Waals surface area contributed by atoms with Crippen LogP contribution in [-0.4, -0.2) is 47.9 Å². The van der Waals surface area contributed by atoms with Crippen molar-refractivity contribution >= 4 is 26.0 Å². The van der Waals surface area contributed by atoms with Crippen molar-refractivity contribution in [2.75, 3.05) is 33.4 Å². The highest BCUT2D eigenvalue weighted by Crippen LogP contribution is 2.23. The van der Waals surface area contributed by atoms with Crippen LogP contribution in [0.3, 0.4) is 0 Å². The van der Waals surface area contributed by atoms with Crippen LogP contribution in [0.25, 0.3) is 0 Å². The number of benzene rings is 1. The maximum absolute atomic E-state index is 12.4. The molecule has 0 aliphatic carbocycles. The zero-order valence-corrected chi connectivity index (χ0v) is 14.2. The zero-order chi connectivity index (χ0) is 15.3. The second-order valence-electron chi connectivity index (χ2n) is 4.71. The summed E-state index contributed by atoms with van der Waals surface area (Å²) in [7, 11) is -1.78. The fourth-order valence-corrected chi connectivity index (χ4v) is 4.08. The second kappa shape index (κ2) is 7.66. The summed E-state index contributed by atoms with van der Waals surface area (Å²) in [6.45, 7) is 2.26. The van der Waals surface area contributed by atoms with Gasteiger partial charge in [-0.15, -0.1) is 0 Å². The molecule has 0 saturated carbocycles. The van der Waals surface area contributed by atoms with E-state index in [0.717, 1.165) is 5.56 Å². The minimum absolute atomic E-state index is 0.199. The Labute approximate surface area is 133 Å². The molecule has 0 radical (unpaired) electrons. The Hall–Kier alpha value is -0.510. The largest absolute Gasteiger partial charge is 0.376 e. The monoisotopic (exact) mass is 378 g/mol. The van der Waals surface area contributed by atoms with Gasteiger partial charge >= 0.3 is 0 Å². The maximum atomic E-state index is 12.4. The van der Waals surface area contributed by atoms with E-state index < -0.39 is 10.0 Å². The van der Waals surface area contributed by atoms with Gasteiger partial charge < -0.3 is 14.8 Å². The van der Waals surface area contributed by atoms with Gasteiger partial charge in [-0.05, 0) is 40.7 Å². The summed E-state index contributed by atoms with van der Waals surface area (Å²) in [5, 5.41) is 3.00. The van der Waals surface area contributed by atoms with Gasteiger partial charge in [0.2, 0.25) is 10.0 Å². The van der Waals surface area contributed by atoms with E-state index in [-0.39, 0.29) is 17.5 Å². The Kier molecular flexibility index (Phi) is 6.15. The first-order valence-corrected chi connectivity index (χ1v) is 8.92. The van der Waals surface area contributed by atoms with Gasteiger partial charge in [-0.25, -0.2) is 13.1 Å². The zero-order valence-electron chi connectivity index (χ0n) is 11.8. The lowest BCUT2D eigenvalue weighted by Gasteiger charge is -2.23. The molecule has 1 heterocycles. The molecular formula is C13H19BrN2O4S. The summed E-state index contributed by atoms with van der Waals surface area (Å²) in [4.78, 5) is 0.229. The highest BCUT2D eigenvalue weighted by atomic mass is 79.9. The lowest BCUT2D eigenvalue weighted by Crippen LogP contribution is -2.39. The number of ether oxygens (including phenoxy) is 2. The van der Waals surface area contributed by atoms with E-state index in [2.05, 4.69) is 26.0 Å². The van der Waals surface area contributed by atoms with Crippen molar-refractivity contribution in [1.82, 2.24) is 10.0 Å². The maximum Gasteiger partial charge on any atom is 0.241 e. The topological polar surface area (TPSA) is 76.7 Å². The molecule has 2 rings (SSSR count). The summed E-state index contributed by atoms with van der Waals surface area (Å²) in [6.07, 6.45) is -0.243. The van der Waals surface area contributed by atoms with Crippen molar-refractivity contribution in [3.8, 4) is 0 Å². The van der Waals surface area contributed by atoms with E-state index >= 15 is 0 Å². The van der Waals surface area contributed by atoms with Crippen LogP contribution in [0.1, 0.15) is 5.56 Å². The quantitative estimate of drug-likeness (QED) is 0.767. The number of rotatable bonds is 6. The highest BCUT2D eigenvalue weighted by Gasteiger charge is 2.21. The third-order valence-corrected chi connectivity index (χ3v) is 5.47. The Morgan fingerprint density at radius 2 is 2.19 bits per heavy atom. The molecule has 6 nitrogen and oxygen atoms in total. The number of sulfonamides is 1. The average Bonchev–Trinajstić information content (AvgIpc) is 2.48. The summed E-state index contributed by atoms with van der Waals surface area (Å²) >= 11 is 3.29. The number of nitrogens with one attached hydrogen (secondary N) is 2. The Balaban J connectivity index is 2.08. The lowest BCUT2D eigenvalue weighted by molar-refractivity contribution is -0.0846. The number of hydrogen-bond donors (Lipinski definition) is 2. The van der Waals surface area contributed by atoms with Crippen molar-refractivity contribution < 1.29 is 17.9 Å². The second-order valence-corrected chi connectivity index (χ2v) is 7.30. The van der Waals surface area contributed by atoms with Gasteiger partial charge in [-0.3, -0.25) is 0 Å². The average molecular weight is 379 g/mol. The number of halogens is 1. The van der Waals surface area contributed by atoms with Crippen molar-refractivity contribution in [1.29, 1.82) is 0 Å². The van der Waals surface area contributed by atoms with Crippen LogP contribution >= 0.6 is 15.9 Å². The number of hydrogen-bond acceptors (Lipinski definition) is 5. The van der Waals surface area contributed by atoms with Gasteiger partial charge in [0.15, 0.2) is 0 Å². The smallest absolute Gasteiger partial charge is 0.241 e. The van der Waals surface area contributed by atoms with Crippen LogP contribution in [0, 0.1) is 0 Å². The molecule has 118 valence electrons. The van der Waals surface area contributed by atoms with Crippen molar-refractivity contribution in [2.45, 2.75) is 17.5 Å². The predicted molar refractivity (Wildman–Crippen MR) is 82.7 cm³/mol. The van der Waals surface area contributed by atoms with Gasteiger partial charge in [0.05, 0.1) is 30.8 Å². The third kappa shape index (κ3) is 4.73. The minimum atomic E-state index is -3.59. The summed E-state index contributed by atoms with van der Waals surface area (Å²) in [5.74, 6) is 0. The summed E-state index contributed by atoms with van der Waals surface area (Å²) in [5.41, 5.74) is 0.901. The van der Waals surface area contributed by atoms with Crippen molar-refractivity contribution in [3.63, 3.8) is 0 Å². The van der Waals surface area contributed by atoms with E-state index in [4.69, 9.17) is 9.47 Å². The van der Waals surface area contributed by atoms with Crippen molar-refractivity contribution in [3.05, 3.63) is 28.2 Å². The molecule has 1 aromatic rings. The molecule has 1 aliphatic heterocycles. The fourth-order valence-electron chi connectivity index (χ4n) is 2.00. The molecule has 0 amide bonds. The molecule has 1 fully saturated rings. The lowest BCUT2D eigenvalue weighted by atomic mass is 10.2. The van der Waals surface area contributed by atoms with E-state index in [0.29, 0.717) is 30.8 Å². The SMILES string of the molecule is CNCc1ccc(Br)c(S(=O)(=O)NCC2COCCO2)c1. The van der Waals surface area contributed by atoms with E-state index in [1.54, 1.807) is 12.1 Å². The van der Waals surface area contributed by atoms with Crippen molar-refractivity contribution in [2.24, 2.45) is 0 Å². The standard InChI is InChI=1S/C13H19BrN2O4S/c1-15-7-10-2-3-12(14)13(6-10)21(17,18)16-8-11-9-19-4-5-20-11/h2-3,6,11,15-16H,4-5,7-9H2,1H3. The normalized spacial score (nSPS) is 19.6. The van der Waals surface area contributed by atoms with Gasteiger partial charge in [0, 0.05) is 17.6 Å². The molecular weight excluding hydrogens is 360 g/mol. The predicted octanol–water partition coefficient (Wildman–Crippen LogP) is 0.862. The first kappa shape index (κ1) is 16.9. The Morgan fingerprint density at radius 1 is 1.38 bits per heavy atom. The van der Waals surface area contributed by atoms with Gasteiger partial charge in [-0.2, -0.15) is 0 Å². The molecule has 8 heteroatoms. The molecule has 1 atom stereocenters. The molecule has 0 aromatic heterocycles. The highest BCUT2D eigenvalue weighted by molar-refractivity contribution is 9.10. The molecule has 1 saturated heterocycles. The fraction of sp³-hybridized carbons (Fsp3) is 0.538. The third-order valence-electron chi connectivity index (χ3n) is 3.05. The molecule has 0 bridgehead atoms. The molecule has 1 aromatic carbocycles. The van der Waals surface area contributed by atoms with Crippen LogP contribution in [0.2, 0.25) is 0 Å². The van der Waals surface area contributed by atoms with Crippen LogP contribution in [0.4, 0.5) is 0 Å². The first-order valence-electron chi connectivity index (χ1n) is 6.65. The van der Waals surface area contributed by atoms with E-state index in [9.17, 15) is 8.42 Å². The van der Waals surface area contributed by atoms with E-state index in [1.165, 1.54) is 0 Å². The summed E-state index contributed by atoms with van der Waals surface area (Å²) in [6, 6.07) is 5.26. The Morgan fingerprint density at radius 3 is 2.86 bits per heavy atom. The van der Waals surface area contributed by atoms with Crippen LogP contribution in [0.5, 0.6) is 0 Å². The van der Waals surface area contributed by atoms with E-state index in [1.807, 2.05) is 13.1 Å². The van der Waals surface area contributed by atoms with Gasteiger partial charge in [-0.1, -0.05) is 6.07 Å². The Bertz CT molecular complexity index is 574. The minimum Gasteiger partial charge on any atom is -0.376 e. The van der Waals surface area contributed by atoms with Crippen LogP contribution < -0.4 is 10.0 Å². The molecule has 0 spiro atoms. The van der Waals surface area contributed by atoms with Crippen LogP contribution in [-0.2, 0) is 26.0 Å². The molecule has 21 heavy (non-hydrogen) atoms. The van der Waals surface area contributed by atoms with Gasteiger partial charge in [0.1, 0.15) is 0 Å². The van der Waals surface area contributed by atoms with Crippen LogP contribution in [0.15, 0.2) is 27.6 Å². The van der Waals surface area contributed by atoms with Gasteiger partial charge in [0.25, 0.3) is 0 Å². The molecule has 2 N–H and O–H groups in total. The summed E-state index contributed by atoms with van der Waals surface area (Å²) < 4.78 is 38.6. The molecule has 1 aliphatic rings. The first-order chi connectivity index (χ1) is 10.0. The molecule has 1 unspecified atom stereocenters.